The quantitative estimate of drug-likeness (QED) is 0.561. The van der Waals surface area contributed by atoms with Gasteiger partial charge in [-0.15, -0.1) is 0 Å². The highest BCUT2D eigenvalue weighted by Gasteiger charge is 2.19. The number of benzene rings is 1. The second-order valence-electron chi connectivity index (χ2n) is 7.36. The molecule has 0 aliphatic heterocycles. The minimum atomic E-state index is -0.337. The minimum absolute atomic E-state index is 0.101. The Morgan fingerprint density at radius 2 is 1.93 bits per heavy atom. The number of aromatic nitrogens is 2. The number of para-hydroxylation sites is 1. The van der Waals surface area contributed by atoms with E-state index < -0.39 is 0 Å². The molecule has 1 heterocycles. The van der Waals surface area contributed by atoms with Crippen LogP contribution in [0.5, 0.6) is 5.88 Å². The van der Waals surface area contributed by atoms with Crippen LogP contribution in [0.4, 0.5) is 0 Å². The normalized spacial score (nSPS) is 11.4. The van der Waals surface area contributed by atoms with E-state index in [4.69, 9.17) is 0 Å². The predicted octanol–water partition coefficient (Wildman–Crippen LogP) is 3.29. The van der Waals surface area contributed by atoms with Crippen LogP contribution in [0, 0.1) is 0 Å². The van der Waals surface area contributed by atoms with E-state index in [1.54, 1.807) is 0 Å². The fraction of sp³-hybridized carbons (Fsp3) is 0.450. The van der Waals surface area contributed by atoms with Gasteiger partial charge >= 0.3 is 0 Å². The summed E-state index contributed by atoms with van der Waals surface area (Å²) in [7, 11) is 0. The third-order valence-corrected chi connectivity index (χ3v) is 4.70. The van der Waals surface area contributed by atoms with Crippen LogP contribution in [0.2, 0.25) is 0 Å². The third kappa shape index (κ3) is 5.85. The molecule has 146 valence electrons. The number of amides is 1. The summed E-state index contributed by atoms with van der Waals surface area (Å²) in [5.74, 6) is -0.306. The zero-order valence-electron chi connectivity index (χ0n) is 16.3. The highest BCUT2D eigenvalue weighted by Crippen LogP contribution is 2.23. The first-order chi connectivity index (χ1) is 12.7. The summed E-state index contributed by atoms with van der Waals surface area (Å²) in [6.45, 7) is 7.74. The number of carbonyl (C=O) groups excluding carboxylic acids is 1. The smallest absolute Gasteiger partial charge is 0.265 e. The second kappa shape index (κ2) is 9.08. The van der Waals surface area contributed by atoms with Gasteiger partial charge in [0.15, 0.2) is 5.16 Å². The van der Waals surface area contributed by atoms with Gasteiger partial charge in [0, 0.05) is 5.54 Å². The topological polar surface area (TPSA) is 84.2 Å². The number of unbranched alkanes of at least 4 members (excludes halogenated alkanes) is 1. The van der Waals surface area contributed by atoms with E-state index in [-0.39, 0.29) is 28.6 Å². The van der Waals surface area contributed by atoms with Gasteiger partial charge in [-0.25, -0.2) is 0 Å². The first-order valence-corrected chi connectivity index (χ1v) is 10.1. The molecule has 0 saturated carbocycles. The monoisotopic (exact) mass is 389 g/mol. The molecular weight excluding hydrogens is 362 g/mol. The second-order valence-corrected chi connectivity index (χ2v) is 8.31. The molecule has 0 unspecified atom stereocenters. The number of rotatable bonds is 7. The number of hydrogen-bond donors (Lipinski definition) is 2. The molecule has 2 N–H and O–H groups in total. The average Bonchev–Trinajstić information content (AvgIpc) is 2.59. The molecule has 0 radical (unpaired) electrons. The van der Waals surface area contributed by atoms with E-state index in [9.17, 15) is 14.7 Å². The van der Waals surface area contributed by atoms with Gasteiger partial charge in [0.2, 0.25) is 11.8 Å². The van der Waals surface area contributed by atoms with Crippen LogP contribution in [-0.4, -0.2) is 31.9 Å². The van der Waals surface area contributed by atoms with Crippen LogP contribution < -0.4 is 10.9 Å². The minimum Gasteiger partial charge on any atom is -0.493 e. The van der Waals surface area contributed by atoms with Crippen molar-refractivity contribution in [3.8, 4) is 11.6 Å². The molecule has 1 amide bonds. The summed E-state index contributed by atoms with van der Waals surface area (Å²) in [6.07, 6.45) is 2.17. The molecule has 6 nitrogen and oxygen atoms in total. The summed E-state index contributed by atoms with van der Waals surface area (Å²) in [5, 5.41) is 13.5. The van der Waals surface area contributed by atoms with Gasteiger partial charge in [-0.1, -0.05) is 43.3 Å². The van der Waals surface area contributed by atoms with Crippen LogP contribution in [0.15, 0.2) is 40.3 Å². The Morgan fingerprint density at radius 1 is 1.26 bits per heavy atom. The Morgan fingerprint density at radius 3 is 2.52 bits per heavy atom. The van der Waals surface area contributed by atoms with Gasteiger partial charge in [-0.3, -0.25) is 14.2 Å². The maximum absolute atomic E-state index is 13.0. The van der Waals surface area contributed by atoms with Crippen LogP contribution in [0.25, 0.3) is 5.69 Å². The van der Waals surface area contributed by atoms with Gasteiger partial charge in [-0.2, -0.15) is 4.98 Å². The molecule has 0 saturated heterocycles. The number of nitrogens with zero attached hydrogens (tertiary/aromatic N) is 2. The summed E-state index contributed by atoms with van der Waals surface area (Å²) < 4.78 is 1.47. The standard InChI is InChI=1S/C20H27N3O3S/c1-5-6-12-15-17(25)21-19(27-13-16(24)22-20(2,3)4)23(18(15)26)14-10-8-7-9-11-14/h7-11,25H,5-6,12-13H2,1-4H3,(H,22,24). The summed E-state index contributed by atoms with van der Waals surface area (Å²) >= 11 is 1.13. The molecule has 1 aromatic carbocycles. The molecule has 0 atom stereocenters. The number of nitrogens with one attached hydrogen (secondary N) is 1. The molecule has 0 aliphatic carbocycles. The van der Waals surface area contributed by atoms with Crippen molar-refractivity contribution < 1.29 is 9.90 Å². The summed E-state index contributed by atoms with van der Waals surface area (Å²) in [4.78, 5) is 29.4. The summed E-state index contributed by atoms with van der Waals surface area (Å²) in [5.41, 5.74) is 0.340. The molecule has 0 aliphatic rings. The molecular formula is C20H27N3O3S. The molecule has 1 aromatic heterocycles. The van der Waals surface area contributed by atoms with E-state index in [1.807, 2.05) is 58.0 Å². The van der Waals surface area contributed by atoms with Crippen LogP contribution in [0.3, 0.4) is 0 Å². The van der Waals surface area contributed by atoms with E-state index >= 15 is 0 Å². The van der Waals surface area contributed by atoms with Crippen molar-refractivity contribution in [1.82, 2.24) is 14.9 Å². The lowest BCUT2D eigenvalue weighted by molar-refractivity contribution is -0.119. The van der Waals surface area contributed by atoms with E-state index in [0.717, 1.165) is 24.6 Å². The van der Waals surface area contributed by atoms with Gasteiger partial charge in [0.05, 0.1) is 17.0 Å². The predicted molar refractivity (Wildman–Crippen MR) is 109 cm³/mol. The number of carbonyl (C=O) groups is 1. The van der Waals surface area contributed by atoms with Gasteiger partial charge in [-0.05, 0) is 45.7 Å². The van der Waals surface area contributed by atoms with Gasteiger partial charge in [0.25, 0.3) is 5.56 Å². The van der Waals surface area contributed by atoms with E-state index in [1.165, 1.54) is 4.57 Å². The average molecular weight is 390 g/mol. The third-order valence-electron chi connectivity index (χ3n) is 3.77. The van der Waals surface area contributed by atoms with Crippen molar-refractivity contribution in [3.63, 3.8) is 0 Å². The number of hydrogen-bond acceptors (Lipinski definition) is 5. The Kier molecular flexibility index (Phi) is 7.07. The van der Waals surface area contributed by atoms with Crippen molar-refractivity contribution in [2.45, 2.75) is 57.7 Å². The Balaban J connectivity index is 2.41. The van der Waals surface area contributed by atoms with Crippen LogP contribution >= 0.6 is 11.8 Å². The lowest BCUT2D eigenvalue weighted by Crippen LogP contribution is -2.41. The molecule has 2 aromatic rings. The fourth-order valence-electron chi connectivity index (χ4n) is 2.58. The van der Waals surface area contributed by atoms with E-state index in [2.05, 4.69) is 10.3 Å². The highest BCUT2D eigenvalue weighted by atomic mass is 32.2. The SMILES string of the molecule is CCCCc1c(O)nc(SCC(=O)NC(C)(C)C)n(-c2ccccc2)c1=O. The van der Waals surface area contributed by atoms with Crippen molar-refractivity contribution in [2.75, 3.05) is 5.75 Å². The molecule has 27 heavy (non-hydrogen) atoms. The van der Waals surface area contributed by atoms with Crippen molar-refractivity contribution in [1.29, 1.82) is 0 Å². The first-order valence-electron chi connectivity index (χ1n) is 9.07. The van der Waals surface area contributed by atoms with Crippen LogP contribution in [-0.2, 0) is 11.2 Å². The zero-order chi connectivity index (χ0) is 20.0. The molecule has 2 rings (SSSR count). The van der Waals surface area contributed by atoms with Crippen molar-refractivity contribution in [2.24, 2.45) is 0 Å². The lowest BCUT2D eigenvalue weighted by atomic mass is 10.1. The Hall–Kier alpha value is -2.28. The Bertz CT molecular complexity index is 842. The van der Waals surface area contributed by atoms with Gasteiger partial charge in [0.1, 0.15) is 0 Å². The maximum atomic E-state index is 13.0. The molecule has 0 fully saturated rings. The maximum Gasteiger partial charge on any atom is 0.265 e. The van der Waals surface area contributed by atoms with Crippen molar-refractivity contribution >= 4 is 17.7 Å². The number of aromatic hydroxyl groups is 1. The molecule has 7 heteroatoms. The summed E-state index contributed by atoms with van der Waals surface area (Å²) in [6, 6.07) is 9.15. The van der Waals surface area contributed by atoms with Crippen molar-refractivity contribution in [3.05, 3.63) is 46.2 Å². The molecule has 0 spiro atoms. The number of thioether (sulfide) groups is 1. The first kappa shape index (κ1) is 21.0. The fourth-order valence-corrected chi connectivity index (χ4v) is 3.38. The molecule has 0 bridgehead atoms. The highest BCUT2D eigenvalue weighted by molar-refractivity contribution is 7.99. The largest absolute Gasteiger partial charge is 0.493 e. The lowest BCUT2D eigenvalue weighted by Gasteiger charge is -2.20. The van der Waals surface area contributed by atoms with E-state index in [0.29, 0.717) is 22.8 Å². The van der Waals surface area contributed by atoms with Crippen LogP contribution in [0.1, 0.15) is 46.1 Å². The van der Waals surface area contributed by atoms with Gasteiger partial charge < -0.3 is 10.4 Å². The Labute approximate surface area is 164 Å². The zero-order valence-corrected chi connectivity index (χ0v) is 17.1.